The van der Waals surface area contributed by atoms with Crippen molar-refractivity contribution in [3.63, 3.8) is 0 Å². The molecular weight excluding hydrogens is 244 g/mol. The van der Waals surface area contributed by atoms with Crippen molar-refractivity contribution in [1.29, 1.82) is 0 Å². The number of hydrogen-bond donors (Lipinski definition) is 3. The fourth-order valence-electron chi connectivity index (χ4n) is 2.66. The lowest BCUT2D eigenvalue weighted by atomic mass is 9.93. The molecule has 1 saturated carbocycles. The summed E-state index contributed by atoms with van der Waals surface area (Å²) in [6.07, 6.45) is 7.70. The molecule has 1 aliphatic carbocycles. The van der Waals surface area contributed by atoms with Crippen LogP contribution in [0.1, 0.15) is 65.2 Å². The van der Waals surface area contributed by atoms with Gasteiger partial charge in [-0.2, -0.15) is 0 Å². The first kappa shape index (κ1) is 16.2. The maximum atomic E-state index is 11.6. The van der Waals surface area contributed by atoms with Crippen LogP contribution in [0.3, 0.4) is 0 Å². The summed E-state index contributed by atoms with van der Waals surface area (Å²) >= 11 is 0. The first-order valence-corrected chi connectivity index (χ1v) is 7.51. The van der Waals surface area contributed by atoms with Crippen LogP contribution in [0.5, 0.6) is 0 Å². The molecule has 0 radical (unpaired) electrons. The minimum Gasteiger partial charge on any atom is -0.388 e. The zero-order valence-electron chi connectivity index (χ0n) is 12.2. The van der Waals surface area contributed by atoms with Crippen LogP contribution in [-0.2, 0) is 4.84 Å². The normalized spacial score (nSPS) is 16.6. The summed E-state index contributed by atoms with van der Waals surface area (Å²) in [5.41, 5.74) is 1.62. The molecule has 1 fully saturated rings. The van der Waals surface area contributed by atoms with Crippen molar-refractivity contribution in [2.45, 2.75) is 76.9 Å². The average molecular weight is 272 g/mol. The molecular formula is C14H28N2O3. The molecule has 0 aromatic heterocycles. The van der Waals surface area contributed by atoms with E-state index in [0.29, 0.717) is 12.8 Å². The number of nitrogens with one attached hydrogen (secondary N) is 2. The molecule has 0 saturated heterocycles. The van der Waals surface area contributed by atoms with E-state index in [1.54, 1.807) is 0 Å². The molecule has 19 heavy (non-hydrogen) atoms. The van der Waals surface area contributed by atoms with Crippen molar-refractivity contribution in [1.82, 2.24) is 10.8 Å². The molecule has 2 amide bonds. The number of carbonyl (C=O) groups is 1. The fraction of sp³-hybridized carbons (Fsp3) is 0.929. The molecule has 0 aromatic rings. The van der Waals surface area contributed by atoms with E-state index in [9.17, 15) is 9.90 Å². The lowest BCUT2D eigenvalue weighted by Gasteiger charge is -2.27. The van der Waals surface area contributed by atoms with Crippen LogP contribution in [0.2, 0.25) is 0 Å². The Balaban J connectivity index is 2.22. The summed E-state index contributed by atoms with van der Waals surface area (Å²) in [5, 5.41) is 13.0. The van der Waals surface area contributed by atoms with E-state index in [4.69, 9.17) is 4.84 Å². The summed E-state index contributed by atoms with van der Waals surface area (Å²) in [4.78, 5) is 16.9. The van der Waals surface area contributed by atoms with Gasteiger partial charge in [0.15, 0.2) is 0 Å². The predicted octanol–water partition coefficient (Wildman–Crippen LogP) is 2.49. The number of carbonyl (C=O) groups excluding carboxylic acids is 1. The Morgan fingerprint density at radius 1 is 1.26 bits per heavy atom. The standard InChI is InChI=1S/C14H28N2O3/c1-3-9-14(18,10-4-2)11-15-13(17)16-19-12-7-5-6-8-12/h12,18H,3-11H2,1-2H3,(H2,15,16,17). The van der Waals surface area contributed by atoms with Gasteiger partial charge in [-0.25, -0.2) is 10.3 Å². The quantitative estimate of drug-likeness (QED) is 0.594. The van der Waals surface area contributed by atoms with E-state index in [2.05, 4.69) is 10.8 Å². The Morgan fingerprint density at radius 2 is 1.84 bits per heavy atom. The monoisotopic (exact) mass is 272 g/mol. The maximum Gasteiger partial charge on any atom is 0.338 e. The third-order valence-corrected chi connectivity index (χ3v) is 3.63. The zero-order valence-corrected chi connectivity index (χ0v) is 12.2. The van der Waals surface area contributed by atoms with Crippen molar-refractivity contribution in [2.24, 2.45) is 0 Å². The summed E-state index contributed by atoms with van der Waals surface area (Å²) in [7, 11) is 0. The van der Waals surface area contributed by atoms with Gasteiger partial charge in [-0.15, -0.1) is 0 Å². The van der Waals surface area contributed by atoms with E-state index in [0.717, 1.165) is 25.7 Å². The maximum absolute atomic E-state index is 11.6. The van der Waals surface area contributed by atoms with Gasteiger partial charge in [0.1, 0.15) is 0 Å². The van der Waals surface area contributed by atoms with Crippen LogP contribution >= 0.6 is 0 Å². The zero-order chi connectivity index (χ0) is 14.1. The van der Waals surface area contributed by atoms with E-state index in [1.165, 1.54) is 12.8 Å². The molecule has 0 aliphatic heterocycles. The summed E-state index contributed by atoms with van der Waals surface area (Å²) in [6.45, 7) is 4.34. The van der Waals surface area contributed by atoms with Gasteiger partial charge in [-0.1, -0.05) is 39.5 Å². The highest BCUT2D eigenvalue weighted by molar-refractivity contribution is 5.72. The van der Waals surface area contributed by atoms with Gasteiger partial charge in [0.25, 0.3) is 0 Å². The lowest BCUT2D eigenvalue weighted by molar-refractivity contribution is -0.00530. The van der Waals surface area contributed by atoms with Crippen LogP contribution in [0.4, 0.5) is 4.79 Å². The number of hydroxylamine groups is 1. The second kappa shape index (κ2) is 8.38. The number of rotatable bonds is 8. The minimum atomic E-state index is -0.797. The van der Waals surface area contributed by atoms with Crippen molar-refractivity contribution in [2.75, 3.05) is 6.54 Å². The highest BCUT2D eigenvalue weighted by atomic mass is 16.7. The van der Waals surface area contributed by atoms with Gasteiger partial charge >= 0.3 is 6.03 Å². The summed E-state index contributed by atoms with van der Waals surface area (Å²) in [6, 6.07) is -0.363. The highest BCUT2D eigenvalue weighted by Crippen LogP contribution is 2.20. The highest BCUT2D eigenvalue weighted by Gasteiger charge is 2.25. The van der Waals surface area contributed by atoms with E-state index in [-0.39, 0.29) is 18.7 Å². The van der Waals surface area contributed by atoms with Gasteiger partial charge < -0.3 is 10.4 Å². The van der Waals surface area contributed by atoms with Crippen LogP contribution in [-0.4, -0.2) is 29.4 Å². The summed E-state index contributed by atoms with van der Waals surface area (Å²) < 4.78 is 0. The molecule has 0 aromatic carbocycles. The second-order valence-electron chi connectivity index (χ2n) is 5.53. The second-order valence-corrected chi connectivity index (χ2v) is 5.53. The van der Waals surface area contributed by atoms with Crippen LogP contribution in [0, 0.1) is 0 Å². The van der Waals surface area contributed by atoms with E-state index in [1.807, 2.05) is 13.8 Å². The van der Waals surface area contributed by atoms with Gasteiger partial charge in [-0.05, 0) is 25.7 Å². The summed E-state index contributed by atoms with van der Waals surface area (Å²) in [5.74, 6) is 0. The van der Waals surface area contributed by atoms with Crippen LogP contribution in [0.15, 0.2) is 0 Å². The fourth-order valence-corrected chi connectivity index (χ4v) is 2.66. The molecule has 5 nitrogen and oxygen atoms in total. The molecule has 0 heterocycles. The Morgan fingerprint density at radius 3 is 2.37 bits per heavy atom. The molecule has 0 unspecified atom stereocenters. The number of hydrogen-bond acceptors (Lipinski definition) is 3. The smallest absolute Gasteiger partial charge is 0.338 e. The van der Waals surface area contributed by atoms with Crippen molar-refractivity contribution >= 4 is 6.03 Å². The van der Waals surface area contributed by atoms with Gasteiger partial charge in [0.2, 0.25) is 0 Å². The number of amides is 2. The molecule has 0 spiro atoms. The largest absolute Gasteiger partial charge is 0.388 e. The molecule has 112 valence electrons. The topological polar surface area (TPSA) is 70.6 Å². The Kier molecular flexibility index (Phi) is 7.16. The third kappa shape index (κ3) is 6.25. The van der Waals surface area contributed by atoms with Crippen LogP contribution < -0.4 is 10.8 Å². The molecule has 3 N–H and O–H groups in total. The van der Waals surface area contributed by atoms with Gasteiger partial charge in [0.05, 0.1) is 11.7 Å². The molecule has 1 rings (SSSR count). The number of urea groups is 1. The minimum absolute atomic E-state index is 0.149. The van der Waals surface area contributed by atoms with Crippen LogP contribution in [0.25, 0.3) is 0 Å². The van der Waals surface area contributed by atoms with Crippen molar-refractivity contribution in [3.8, 4) is 0 Å². The first-order valence-electron chi connectivity index (χ1n) is 7.51. The predicted molar refractivity (Wildman–Crippen MR) is 74.6 cm³/mol. The average Bonchev–Trinajstić information content (AvgIpc) is 2.88. The first-order chi connectivity index (χ1) is 9.09. The molecule has 1 aliphatic rings. The van der Waals surface area contributed by atoms with Gasteiger partial charge in [0, 0.05) is 6.54 Å². The number of aliphatic hydroxyl groups is 1. The Bertz CT molecular complexity index is 259. The lowest BCUT2D eigenvalue weighted by Crippen LogP contribution is -2.46. The van der Waals surface area contributed by atoms with Crippen molar-refractivity contribution in [3.05, 3.63) is 0 Å². The van der Waals surface area contributed by atoms with Crippen molar-refractivity contribution < 1.29 is 14.7 Å². The Hall–Kier alpha value is -0.810. The SMILES string of the molecule is CCCC(O)(CCC)CNC(=O)NOC1CCCC1. The molecule has 0 atom stereocenters. The van der Waals surface area contributed by atoms with E-state index >= 15 is 0 Å². The Labute approximate surface area is 116 Å². The molecule has 5 heteroatoms. The van der Waals surface area contributed by atoms with Gasteiger partial charge in [-0.3, -0.25) is 4.84 Å². The molecule has 0 bridgehead atoms. The van der Waals surface area contributed by atoms with E-state index < -0.39 is 5.60 Å². The third-order valence-electron chi connectivity index (χ3n) is 3.63.